The van der Waals surface area contributed by atoms with Gasteiger partial charge in [-0.3, -0.25) is 0 Å². The van der Waals surface area contributed by atoms with Crippen molar-refractivity contribution < 1.29 is 0 Å². The van der Waals surface area contributed by atoms with E-state index in [9.17, 15) is 0 Å². The molecule has 0 aliphatic heterocycles. The summed E-state index contributed by atoms with van der Waals surface area (Å²) in [5, 5.41) is 3.37. The van der Waals surface area contributed by atoms with Crippen molar-refractivity contribution in [3.63, 3.8) is 0 Å². The zero-order valence-electron chi connectivity index (χ0n) is 15.4. The van der Waals surface area contributed by atoms with Crippen molar-refractivity contribution in [1.29, 1.82) is 0 Å². The molecule has 1 aromatic heterocycles. The summed E-state index contributed by atoms with van der Waals surface area (Å²) in [5.74, 6) is 0.809. The molecule has 25 heavy (non-hydrogen) atoms. The fraction of sp³-hybridized carbons (Fsp3) is 0.273. The molecular weight excluding hydrogens is 306 g/mol. The van der Waals surface area contributed by atoms with Crippen molar-refractivity contribution in [2.24, 2.45) is 0 Å². The van der Waals surface area contributed by atoms with Crippen LogP contribution in [0.4, 0.5) is 11.5 Å². The zero-order valence-corrected chi connectivity index (χ0v) is 15.4. The van der Waals surface area contributed by atoms with E-state index in [1.54, 1.807) is 6.33 Å². The number of nitrogens with zero attached hydrogens (tertiary/aromatic N) is 2. The molecule has 0 unspecified atom stereocenters. The predicted molar refractivity (Wildman–Crippen MR) is 106 cm³/mol. The first-order valence-corrected chi connectivity index (χ1v) is 8.66. The van der Waals surface area contributed by atoms with E-state index in [-0.39, 0.29) is 5.41 Å². The molecule has 0 saturated heterocycles. The minimum atomic E-state index is 0.158. The van der Waals surface area contributed by atoms with Gasteiger partial charge in [-0.2, -0.15) is 0 Å². The van der Waals surface area contributed by atoms with E-state index in [1.165, 1.54) is 16.7 Å². The van der Waals surface area contributed by atoms with Crippen LogP contribution < -0.4 is 5.32 Å². The van der Waals surface area contributed by atoms with Crippen molar-refractivity contribution >= 4 is 17.1 Å². The Balaban J connectivity index is 1.78. The monoisotopic (exact) mass is 331 g/mol. The minimum Gasteiger partial charge on any atom is -0.340 e. The summed E-state index contributed by atoms with van der Waals surface area (Å²) in [6, 6.07) is 10.5. The third-order valence-electron chi connectivity index (χ3n) is 4.32. The molecule has 1 aliphatic carbocycles. The zero-order chi connectivity index (χ0) is 17.9. The number of benzene rings is 1. The van der Waals surface area contributed by atoms with Crippen molar-refractivity contribution in [3.8, 4) is 0 Å². The van der Waals surface area contributed by atoms with E-state index < -0.39 is 0 Å². The normalized spacial score (nSPS) is 14.6. The van der Waals surface area contributed by atoms with Crippen LogP contribution in [0.5, 0.6) is 0 Å². The lowest BCUT2D eigenvalue weighted by Crippen LogP contribution is -2.10. The quantitative estimate of drug-likeness (QED) is 0.771. The molecule has 1 aromatic carbocycles. The van der Waals surface area contributed by atoms with Gasteiger partial charge in [0.1, 0.15) is 12.1 Å². The third kappa shape index (κ3) is 4.44. The molecule has 3 rings (SSSR count). The van der Waals surface area contributed by atoms with E-state index in [1.807, 2.05) is 6.07 Å². The van der Waals surface area contributed by atoms with Gasteiger partial charge in [0.2, 0.25) is 0 Å². The van der Waals surface area contributed by atoms with E-state index in [2.05, 4.69) is 91.5 Å². The molecule has 3 nitrogen and oxygen atoms in total. The fourth-order valence-corrected chi connectivity index (χ4v) is 2.72. The fourth-order valence-electron chi connectivity index (χ4n) is 2.72. The van der Waals surface area contributed by atoms with Gasteiger partial charge >= 0.3 is 0 Å². The SMILES string of the molecule is CC1=CCC(c2cc(Nc3ccc(C(C)(C)C)cc3)ncn2)=CC=C1. The highest BCUT2D eigenvalue weighted by Gasteiger charge is 2.13. The highest BCUT2D eigenvalue weighted by molar-refractivity contribution is 5.69. The molecule has 3 heteroatoms. The second kappa shape index (κ2) is 7.06. The Kier molecular flexibility index (Phi) is 4.84. The number of allylic oxidation sites excluding steroid dienone is 6. The Morgan fingerprint density at radius 2 is 1.80 bits per heavy atom. The van der Waals surface area contributed by atoms with Crippen LogP contribution in [0.3, 0.4) is 0 Å². The van der Waals surface area contributed by atoms with E-state index >= 15 is 0 Å². The molecule has 128 valence electrons. The minimum absolute atomic E-state index is 0.158. The maximum absolute atomic E-state index is 4.44. The van der Waals surface area contributed by atoms with Gasteiger partial charge in [-0.25, -0.2) is 9.97 Å². The highest BCUT2D eigenvalue weighted by Crippen LogP contribution is 2.26. The van der Waals surface area contributed by atoms with Gasteiger partial charge in [-0.1, -0.05) is 62.8 Å². The summed E-state index contributed by atoms with van der Waals surface area (Å²) in [5.41, 5.74) is 5.94. The Morgan fingerprint density at radius 3 is 2.52 bits per heavy atom. The summed E-state index contributed by atoms with van der Waals surface area (Å²) in [7, 11) is 0. The van der Waals surface area contributed by atoms with Gasteiger partial charge in [-0.15, -0.1) is 0 Å². The first kappa shape index (κ1) is 17.2. The topological polar surface area (TPSA) is 37.8 Å². The Hall–Kier alpha value is -2.68. The van der Waals surface area contributed by atoms with Crippen LogP contribution in [0.2, 0.25) is 0 Å². The van der Waals surface area contributed by atoms with Crippen LogP contribution >= 0.6 is 0 Å². The average Bonchev–Trinajstić information content (AvgIpc) is 2.79. The number of aromatic nitrogens is 2. The molecule has 0 saturated carbocycles. The van der Waals surface area contributed by atoms with Crippen LogP contribution in [-0.4, -0.2) is 9.97 Å². The molecule has 1 N–H and O–H groups in total. The molecule has 1 aliphatic rings. The van der Waals surface area contributed by atoms with Gasteiger partial charge in [0.25, 0.3) is 0 Å². The van der Waals surface area contributed by atoms with Gasteiger partial charge in [0.05, 0.1) is 5.69 Å². The van der Waals surface area contributed by atoms with Crippen molar-refractivity contribution in [2.45, 2.75) is 39.5 Å². The molecule has 0 bridgehead atoms. The summed E-state index contributed by atoms with van der Waals surface area (Å²) in [6.45, 7) is 8.77. The number of anilines is 2. The predicted octanol–water partition coefficient (Wildman–Crippen LogP) is 5.81. The first-order chi connectivity index (χ1) is 11.9. The van der Waals surface area contributed by atoms with E-state index in [0.29, 0.717) is 0 Å². The Labute approximate surface area is 150 Å². The molecule has 2 aromatic rings. The number of nitrogens with one attached hydrogen (secondary N) is 1. The molecule has 0 radical (unpaired) electrons. The van der Waals surface area contributed by atoms with Crippen molar-refractivity contribution in [2.75, 3.05) is 5.32 Å². The van der Waals surface area contributed by atoms with E-state index in [0.717, 1.165) is 23.6 Å². The number of hydrogen-bond acceptors (Lipinski definition) is 3. The molecule has 0 fully saturated rings. The van der Waals surface area contributed by atoms with Crippen molar-refractivity contribution in [1.82, 2.24) is 9.97 Å². The van der Waals surface area contributed by atoms with Gasteiger partial charge < -0.3 is 5.32 Å². The highest BCUT2D eigenvalue weighted by atomic mass is 15.0. The number of rotatable bonds is 3. The first-order valence-electron chi connectivity index (χ1n) is 8.66. The molecule has 0 atom stereocenters. The lowest BCUT2D eigenvalue weighted by atomic mass is 9.87. The van der Waals surface area contributed by atoms with Crippen LogP contribution in [-0.2, 0) is 5.41 Å². The van der Waals surface area contributed by atoms with Crippen LogP contribution in [0, 0.1) is 0 Å². The largest absolute Gasteiger partial charge is 0.340 e. The Bertz CT molecular complexity index is 832. The van der Waals surface area contributed by atoms with Gasteiger partial charge in [-0.05, 0) is 42.0 Å². The molecule has 0 amide bonds. The van der Waals surface area contributed by atoms with Crippen LogP contribution in [0.25, 0.3) is 5.57 Å². The summed E-state index contributed by atoms with van der Waals surface area (Å²) < 4.78 is 0. The molecular formula is C22H25N3. The molecule has 0 spiro atoms. The van der Waals surface area contributed by atoms with Gasteiger partial charge in [0, 0.05) is 11.8 Å². The van der Waals surface area contributed by atoms with Crippen LogP contribution in [0.1, 0.15) is 45.4 Å². The standard InChI is InChI=1S/C22H25N3/c1-16-6-5-7-17(9-8-16)20-14-21(24-15-23-20)25-19-12-10-18(11-13-19)22(2,3)4/h5-8,10-15H,9H2,1-4H3,(H,23,24,25). The second-order valence-corrected chi connectivity index (χ2v) is 7.44. The lowest BCUT2D eigenvalue weighted by Gasteiger charge is -2.19. The Morgan fingerprint density at radius 1 is 1.04 bits per heavy atom. The smallest absolute Gasteiger partial charge is 0.134 e. The average molecular weight is 331 g/mol. The van der Waals surface area contributed by atoms with E-state index in [4.69, 9.17) is 0 Å². The molecule has 1 heterocycles. The van der Waals surface area contributed by atoms with Gasteiger partial charge in [0.15, 0.2) is 0 Å². The summed E-state index contributed by atoms with van der Waals surface area (Å²) in [6.07, 6.45) is 11.0. The number of hydrogen-bond donors (Lipinski definition) is 1. The second-order valence-electron chi connectivity index (χ2n) is 7.44. The van der Waals surface area contributed by atoms with Crippen molar-refractivity contribution in [3.05, 3.63) is 77.8 Å². The maximum Gasteiger partial charge on any atom is 0.134 e. The summed E-state index contributed by atoms with van der Waals surface area (Å²) in [4.78, 5) is 8.79. The lowest BCUT2D eigenvalue weighted by molar-refractivity contribution is 0.590. The summed E-state index contributed by atoms with van der Waals surface area (Å²) >= 11 is 0. The third-order valence-corrected chi connectivity index (χ3v) is 4.32. The van der Waals surface area contributed by atoms with Crippen LogP contribution in [0.15, 0.2) is 66.5 Å². The maximum atomic E-state index is 4.44.